The van der Waals surface area contributed by atoms with Crippen molar-refractivity contribution in [3.05, 3.63) is 59.8 Å². The maximum atomic E-state index is 14.0. The van der Waals surface area contributed by atoms with Crippen LogP contribution in [0.25, 0.3) is 0 Å². The van der Waals surface area contributed by atoms with Gasteiger partial charge in [0.05, 0.1) is 17.4 Å². The fourth-order valence-corrected chi connectivity index (χ4v) is 4.30. The number of rotatable bonds is 3. The Hall–Kier alpha value is -3.16. The summed E-state index contributed by atoms with van der Waals surface area (Å²) in [5.74, 6) is -0.977. The SMILES string of the molecule is O=C(c1ccoc1)N1CCC(C(=O)N2CCCN(C(=O)c3ccccc3F)CC2)CC1. The molecule has 7 nitrogen and oxygen atoms in total. The van der Waals surface area contributed by atoms with Gasteiger partial charge in [-0.1, -0.05) is 12.1 Å². The lowest BCUT2D eigenvalue weighted by Crippen LogP contribution is -2.45. The van der Waals surface area contributed by atoms with E-state index in [0.717, 1.165) is 0 Å². The van der Waals surface area contributed by atoms with Crippen molar-refractivity contribution >= 4 is 17.7 Å². The predicted octanol–water partition coefficient (Wildman–Crippen LogP) is 2.65. The minimum Gasteiger partial charge on any atom is -0.472 e. The number of amides is 3. The number of halogens is 1. The van der Waals surface area contributed by atoms with Crippen molar-refractivity contribution in [3.63, 3.8) is 0 Å². The van der Waals surface area contributed by atoms with Crippen LogP contribution < -0.4 is 0 Å². The second-order valence-electron chi connectivity index (χ2n) is 8.03. The number of hydrogen-bond donors (Lipinski definition) is 0. The molecule has 164 valence electrons. The van der Waals surface area contributed by atoms with Crippen LogP contribution in [0, 0.1) is 11.7 Å². The Balaban J connectivity index is 1.31. The molecular formula is C23H26FN3O4. The molecule has 2 aromatic rings. The van der Waals surface area contributed by atoms with E-state index in [1.54, 1.807) is 28.0 Å². The molecular weight excluding hydrogens is 401 g/mol. The first kappa shape index (κ1) is 21.1. The number of likely N-dealkylation sites (tertiary alicyclic amines) is 1. The van der Waals surface area contributed by atoms with E-state index in [1.165, 1.54) is 24.7 Å². The maximum Gasteiger partial charge on any atom is 0.257 e. The number of hydrogen-bond acceptors (Lipinski definition) is 4. The van der Waals surface area contributed by atoms with Gasteiger partial charge in [-0.25, -0.2) is 4.39 Å². The highest BCUT2D eigenvalue weighted by molar-refractivity contribution is 5.95. The van der Waals surface area contributed by atoms with Crippen LogP contribution in [0.15, 0.2) is 47.3 Å². The molecule has 3 amide bonds. The van der Waals surface area contributed by atoms with E-state index in [-0.39, 0.29) is 29.2 Å². The van der Waals surface area contributed by atoms with E-state index < -0.39 is 5.82 Å². The summed E-state index contributed by atoms with van der Waals surface area (Å²) >= 11 is 0. The van der Waals surface area contributed by atoms with Gasteiger partial charge in [0, 0.05) is 45.2 Å². The molecule has 1 aromatic carbocycles. The Morgan fingerprint density at radius 3 is 2.23 bits per heavy atom. The Kier molecular flexibility index (Phi) is 6.34. The van der Waals surface area contributed by atoms with Gasteiger partial charge < -0.3 is 19.1 Å². The highest BCUT2D eigenvalue weighted by Crippen LogP contribution is 2.22. The second kappa shape index (κ2) is 9.32. The van der Waals surface area contributed by atoms with Gasteiger partial charge in [0.25, 0.3) is 11.8 Å². The van der Waals surface area contributed by atoms with Gasteiger partial charge in [-0.15, -0.1) is 0 Å². The number of nitrogens with zero attached hydrogens (tertiary/aromatic N) is 3. The molecule has 3 heterocycles. The number of benzene rings is 1. The molecule has 0 bridgehead atoms. The normalized spacial score (nSPS) is 18.0. The molecule has 0 radical (unpaired) electrons. The summed E-state index contributed by atoms with van der Waals surface area (Å²) in [4.78, 5) is 43.4. The van der Waals surface area contributed by atoms with Crippen molar-refractivity contribution in [2.24, 2.45) is 5.92 Å². The topological polar surface area (TPSA) is 74.1 Å². The van der Waals surface area contributed by atoms with Gasteiger partial charge in [0.15, 0.2) is 0 Å². The van der Waals surface area contributed by atoms with Crippen molar-refractivity contribution < 1.29 is 23.2 Å². The van der Waals surface area contributed by atoms with Crippen molar-refractivity contribution in [1.29, 1.82) is 0 Å². The highest BCUT2D eigenvalue weighted by atomic mass is 19.1. The summed E-state index contributed by atoms with van der Waals surface area (Å²) in [5.41, 5.74) is 0.592. The zero-order chi connectivity index (χ0) is 21.8. The highest BCUT2D eigenvalue weighted by Gasteiger charge is 2.32. The van der Waals surface area contributed by atoms with Crippen LogP contribution in [-0.4, -0.2) is 71.7 Å². The zero-order valence-electron chi connectivity index (χ0n) is 17.3. The molecule has 0 saturated carbocycles. The lowest BCUT2D eigenvalue weighted by molar-refractivity contribution is -0.136. The van der Waals surface area contributed by atoms with Crippen molar-refractivity contribution in [2.45, 2.75) is 19.3 Å². The Morgan fingerprint density at radius 1 is 0.839 bits per heavy atom. The van der Waals surface area contributed by atoms with E-state index in [2.05, 4.69) is 0 Å². The molecule has 0 aliphatic carbocycles. The van der Waals surface area contributed by atoms with E-state index in [1.807, 2.05) is 4.90 Å². The molecule has 0 spiro atoms. The fraction of sp³-hybridized carbons (Fsp3) is 0.435. The quantitative estimate of drug-likeness (QED) is 0.755. The Bertz CT molecular complexity index is 938. The van der Waals surface area contributed by atoms with Crippen molar-refractivity contribution in [3.8, 4) is 0 Å². The van der Waals surface area contributed by atoms with Gasteiger partial charge in [-0.3, -0.25) is 14.4 Å². The van der Waals surface area contributed by atoms with Gasteiger partial charge in [0.2, 0.25) is 5.91 Å². The molecule has 0 atom stereocenters. The predicted molar refractivity (Wildman–Crippen MR) is 111 cm³/mol. The molecule has 2 saturated heterocycles. The molecule has 8 heteroatoms. The van der Waals surface area contributed by atoms with Crippen LogP contribution in [0.5, 0.6) is 0 Å². The largest absolute Gasteiger partial charge is 0.472 e. The van der Waals surface area contributed by atoms with E-state index in [4.69, 9.17) is 4.42 Å². The van der Waals surface area contributed by atoms with Crippen LogP contribution in [-0.2, 0) is 4.79 Å². The van der Waals surface area contributed by atoms with Gasteiger partial charge >= 0.3 is 0 Å². The summed E-state index contributed by atoms with van der Waals surface area (Å²) in [6.07, 6.45) is 4.81. The summed E-state index contributed by atoms with van der Waals surface area (Å²) < 4.78 is 19.0. The van der Waals surface area contributed by atoms with Crippen LogP contribution in [0.4, 0.5) is 4.39 Å². The maximum absolute atomic E-state index is 14.0. The van der Waals surface area contributed by atoms with Crippen molar-refractivity contribution in [2.75, 3.05) is 39.3 Å². The number of piperidine rings is 1. The van der Waals surface area contributed by atoms with Gasteiger partial charge in [-0.2, -0.15) is 0 Å². The Labute approximate surface area is 180 Å². The van der Waals surface area contributed by atoms with Gasteiger partial charge in [0.1, 0.15) is 12.1 Å². The first-order chi connectivity index (χ1) is 15.0. The molecule has 0 N–H and O–H groups in total. The lowest BCUT2D eigenvalue weighted by Gasteiger charge is -2.33. The number of carbonyl (C=O) groups excluding carboxylic acids is 3. The Morgan fingerprint density at radius 2 is 1.52 bits per heavy atom. The van der Waals surface area contributed by atoms with E-state index in [9.17, 15) is 18.8 Å². The first-order valence-electron chi connectivity index (χ1n) is 10.7. The van der Waals surface area contributed by atoms with Crippen LogP contribution in [0.2, 0.25) is 0 Å². The third kappa shape index (κ3) is 4.62. The lowest BCUT2D eigenvalue weighted by atomic mass is 9.94. The molecule has 0 unspecified atom stereocenters. The van der Waals surface area contributed by atoms with Gasteiger partial charge in [-0.05, 0) is 37.5 Å². The molecule has 2 aliphatic heterocycles. The van der Waals surface area contributed by atoms with E-state index in [0.29, 0.717) is 64.1 Å². The third-order valence-electron chi connectivity index (χ3n) is 6.10. The first-order valence-corrected chi connectivity index (χ1v) is 10.7. The summed E-state index contributed by atoms with van der Waals surface area (Å²) in [7, 11) is 0. The summed E-state index contributed by atoms with van der Waals surface area (Å²) in [6.45, 7) is 2.96. The second-order valence-corrected chi connectivity index (χ2v) is 8.03. The monoisotopic (exact) mass is 427 g/mol. The summed E-state index contributed by atoms with van der Waals surface area (Å²) in [6, 6.07) is 7.62. The van der Waals surface area contributed by atoms with Crippen molar-refractivity contribution in [1.82, 2.24) is 14.7 Å². The van der Waals surface area contributed by atoms with Crippen LogP contribution in [0.1, 0.15) is 40.0 Å². The minimum absolute atomic E-state index is 0.0666. The molecule has 31 heavy (non-hydrogen) atoms. The average molecular weight is 427 g/mol. The van der Waals surface area contributed by atoms with Crippen LogP contribution in [0.3, 0.4) is 0 Å². The molecule has 4 rings (SSSR count). The minimum atomic E-state index is -0.526. The molecule has 2 fully saturated rings. The smallest absolute Gasteiger partial charge is 0.257 e. The third-order valence-corrected chi connectivity index (χ3v) is 6.10. The average Bonchev–Trinajstić information content (AvgIpc) is 3.23. The van der Waals surface area contributed by atoms with Crippen LogP contribution >= 0.6 is 0 Å². The fourth-order valence-electron chi connectivity index (χ4n) is 4.30. The zero-order valence-corrected chi connectivity index (χ0v) is 17.3. The molecule has 2 aliphatic rings. The summed E-state index contributed by atoms with van der Waals surface area (Å²) in [5, 5.41) is 0. The molecule has 1 aromatic heterocycles. The van der Waals surface area contributed by atoms with E-state index >= 15 is 0 Å². The standard InChI is InChI=1S/C23H26FN3O4/c24-20-5-2-1-4-19(20)23(30)26-10-3-9-25(13-14-26)21(28)17-6-11-27(12-7-17)22(29)18-8-15-31-16-18/h1-2,4-5,8,15-17H,3,6-7,9-14H2. The number of carbonyl (C=O) groups is 3. The number of furan rings is 1.